The van der Waals surface area contributed by atoms with E-state index in [2.05, 4.69) is 19.2 Å². The maximum absolute atomic E-state index is 13.8. The van der Waals surface area contributed by atoms with E-state index >= 15 is 0 Å². The lowest BCUT2D eigenvalue weighted by Crippen LogP contribution is -2.41. The zero-order valence-electron chi connectivity index (χ0n) is 21.4. The maximum Gasteiger partial charge on any atom is 0.322 e. The molecule has 0 fully saturated rings. The zero-order chi connectivity index (χ0) is 26.5. The van der Waals surface area contributed by atoms with Gasteiger partial charge in [-0.15, -0.1) is 0 Å². The summed E-state index contributed by atoms with van der Waals surface area (Å²) in [6.45, 7) is 6.56. The fraction of sp³-hybridized carbons (Fsp3) is 0.276. The number of benzene rings is 3. The molecule has 0 aliphatic carbocycles. The predicted molar refractivity (Wildman–Crippen MR) is 149 cm³/mol. The molecule has 1 unspecified atom stereocenters. The second-order valence-corrected chi connectivity index (χ2v) is 9.67. The van der Waals surface area contributed by atoms with Crippen molar-refractivity contribution in [3.63, 3.8) is 0 Å². The quantitative estimate of drug-likeness (QED) is 0.282. The molecule has 1 atom stereocenters. The van der Waals surface area contributed by atoms with Crippen LogP contribution in [0.15, 0.2) is 77.6 Å². The van der Waals surface area contributed by atoms with Gasteiger partial charge in [0.2, 0.25) is 0 Å². The van der Waals surface area contributed by atoms with E-state index in [-0.39, 0.29) is 11.6 Å². The highest BCUT2D eigenvalue weighted by atomic mass is 35.5. The highest BCUT2D eigenvalue weighted by Crippen LogP contribution is 2.29. The molecule has 4 rings (SSSR count). The van der Waals surface area contributed by atoms with Crippen LogP contribution in [0, 0.1) is 5.92 Å². The number of nitrogens with zero attached hydrogens (tertiary/aromatic N) is 3. The molecule has 4 aromatic rings. The Kier molecular flexibility index (Phi) is 8.14. The number of rotatable bonds is 8. The summed E-state index contributed by atoms with van der Waals surface area (Å²) in [5.41, 5.74) is 1.40. The van der Waals surface area contributed by atoms with Crippen molar-refractivity contribution in [2.75, 3.05) is 19.0 Å². The molecule has 0 radical (unpaired) electrons. The van der Waals surface area contributed by atoms with Gasteiger partial charge >= 0.3 is 6.03 Å². The summed E-state index contributed by atoms with van der Waals surface area (Å²) in [5.74, 6) is 1.35. The van der Waals surface area contributed by atoms with E-state index in [1.54, 1.807) is 54.5 Å². The largest absolute Gasteiger partial charge is 0.495 e. The van der Waals surface area contributed by atoms with Crippen molar-refractivity contribution in [2.24, 2.45) is 5.92 Å². The number of carbonyl (C=O) groups is 1. The maximum atomic E-state index is 13.8. The second kappa shape index (κ2) is 11.5. The number of ether oxygens (including phenoxy) is 1. The van der Waals surface area contributed by atoms with Crippen molar-refractivity contribution in [3.05, 3.63) is 94.0 Å². The van der Waals surface area contributed by atoms with Crippen molar-refractivity contribution in [1.82, 2.24) is 14.5 Å². The molecule has 3 aromatic carbocycles. The van der Waals surface area contributed by atoms with E-state index in [0.717, 1.165) is 6.42 Å². The van der Waals surface area contributed by atoms with Gasteiger partial charge in [-0.1, -0.05) is 61.8 Å². The molecule has 0 aliphatic heterocycles. The van der Waals surface area contributed by atoms with E-state index in [4.69, 9.17) is 21.3 Å². The minimum atomic E-state index is -0.554. The lowest BCUT2D eigenvalue weighted by atomic mass is 10.1. The van der Waals surface area contributed by atoms with Gasteiger partial charge in [-0.25, -0.2) is 9.78 Å². The number of urea groups is 1. The Balaban J connectivity index is 1.85. The van der Waals surface area contributed by atoms with Crippen molar-refractivity contribution < 1.29 is 9.53 Å². The predicted octanol–water partition coefficient (Wildman–Crippen LogP) is 6.69. The summed E-state index contributed by atoms with van der Waals surface area (Å²) in [7, 11) is 1.56. The van der Waals surface area contributed by atoms with E-state index in [1.807, 2.05) is 37.3 Å². The monoisotopic (exact) mass is 518 g/mol. The number of para-hydroxylation sites is 4. The van der Waals surface area contributed by atoms with Crippen molar-refractivity contribution in [2.45, 2.75) is 33.2 Å². The standard InChI is InChI=1S/C29H31ClN4O3/c1-19(2)17-18-33(29(36)32-24-14-8-10-16-26(24)37-4)20(3)27-31-23-13-7-5-11-21(23)28(35)34(27)25-15-9-6-12-22(25)30/h5-16,19-20H,17-18H2,1-4H3,(H,32,36). The minimum Gasteiger partial charge on any atom is -0.495 e. The lowest BCUT2D eigenvalue weighted by molar-refractivity contribution is 0.185. The topological polar surface area (TPSA) is 76.5 Å². The van der Waals surface area contributed by atoms with Gasteiger partial charge in [0.25, 0.3) is 5.56 Å². The molecule has 0 aliphatic rings. The zero-order valence-corrected chi connectivity index (χ0v) is 22.2. The lowest BCUT2D eigenvalue weighted by Gasteiger charge is -2.31. The Morgan fingerprint density at radius 3 is 2.43 bits per heavy atom. The smallest absolute Gasteiger partial charge is 0.322 e. The van der Waals surface area contributed by atoms with E-state index < -0.39 is 6.04 Å². The summed E-state index contributed by atoms with van der Waals surface area (Å²) in [4.78, 5) is 34.0. The third-order valence-electron chi connectivity index (χ3n) is 6.29. The van der Waals surface area contributed by atoms with Crippen LogP contribution in [0.4, 0.5) is 10.5 Å². The van der Waals surface area contributed by atoms with Crippen LogP contribution in [0.25, 0.3) is 16.6 Å². The van der Waals surface area contributed by atoms with Crippen LogP contribution in [-0.2, 0) is 0 Å². The van der Waals surface area contributed by atoms with E-state index in [9.17, 15) is 9.59 Å². The number of halogens is 1. The van der Waals surface area contributed by atoms with Crippen LogP contribution in [0.1, 0.15) is 39.1 Å². The number of amides is 2. The number of hydrogen-bond donors (Lipinski definition) is 1. The Labute approximate surface area is 221 Å². The van der Waals surface area contributed by atoms with Gasteiger partial charge < -0.3 is 15.0 Å². The van der Waals surface area contributed by atoms with E-state index in [0.29, 0.717) is 51.3 Å². The van der Waals surface area contributed by atoms with Crippen LogP contribution < -0.4 is 15.6 Å². The average Bonchev–Trinajstić information content (AvgIpc) is 2.89. The highest BCUT2D eigenvalue weighted by Gasteiger charge is 2.28. The van der Waals surface area contributed by atoms with Crippen molar-refractivity contribution in [1.29, 1.82) is 0 Å². The first-order valence-corrected chi connectivity index (χ1v) is 12.7. The molecule has 192 valence electrons. The Morgan fingerprint density at radius 2 is 1.70 bits per heavy atom. The number of carbonyl (C=O) groups excluding carboxylic acids is 1. The van der Waals surface area contributed by atoms with Crippen LogP contribution in [0.2, 0.25) is 5.02 Å². The molecule has 0 spiro atoms. The normalized spacial score (nSPS) is 11.9. The van der Waals surface area contributed by atoms with E-state index in [1.165, 1.54) is 4.57 Å². The Morgan fingerprint density at radius 1 is 1.03 bits per heavy atom. The summed E-state index contributed by atoms with van der Waals surface area (Å²) in [6, 6.07) is 20.7. The summed E-state index contributed by atoms with van der Waals surface area (Å²) in [6.07, 6.45) is 0.771. The van der Waals surface area contributed by atoms with Crippen LogP contribution in [-0.4, -0.2) is 34.1 Å². The number of nitrogens with one attached hydrogen (secondary N) is 1. The molecule has 1 aromatic heterocycles. The first kappa shape index (κ1) is 26.2. The van der Waals surface area contributed by atoms with Crippen molar-refractivity contribution in [3.8, 4) is 11.4 Å². The number of aromatic nitrogens is 2. The van der Waals surface area contributed by atoms with Crippen LogP contribution in [0.5, 0.6) is 5.75 Å². The molecule has 0 saturated heterocycles. The Hall–Kier alpha value is -3.84. The fourth-order valence-corrected chi connectivity index (χ4v) is 4.46. The van der Waals surface area contributed by atoms with Crippen LogP contribution in [0.3, 0.4) is 0 Å². The molecular formula is C29H31ClN4O3. The van der Waals surface area contributed by atoms with Gasteiger partial charge in [0.1, 0.15) is 11.6 Å². The molecule has 0 saturated carbocycles. The molecule has 1 N–H and O–H groups in total. The van der Waals surface area contributed by atoms with Gasteiger partial charge in [0.05, 0.1) is 40.5 Å². The minimum absolute atomic E-state index is 0.241. The molecule has 1 heterocycles. The first-order chi connectivity index (χ1) is 17.8. The average molecular weight is 519 g/mol. The number of methoxy groups -OCH3 is 1. The number of hydrogen-bond acceptors (Lipinski definition) is 4. The molecular weight excluding hydrogens is 488 g/mol. The number of anilines is 1. The molecule has 2 amide bonds. The molecule has 8 heteroatoms. The SMILES string of the molecule is COc1ccccc1NC(=O)N(CCC(C)C)C(C)c1nc2ccccc2c(=O)n1-c1ccccc1Cl. The van der Waals surface area contributed by atoms with Gasteiger partial charge in [-0.3, -0.25) is 9.36 Å². The van der Waals surface area contributed by atoms with Gasteiger partial charge in [0, 0.05) is 6.54 Å². The van der Waals surface area contributed by atoms with Gasteiger partial charge in [0.15, 0.2) is 0 Å². The second-order valence-electron chi connectivity index (χ2n) is 9.26. The summed E-state index contributed by atoms with van der Waals surface area (Å²) < 4.78 is 6.94. The first-order valence-electron chi connectivity index (χ1n) is 12.3. The summed E-state index contributed by atoms with van der Waals surface area (Å²) in [5, 5.41) is 3.88. The summed E-state index contributed by atoms with van der Waals surface area (Å²) >= 11 is 6.55. The molecule has 37 heavy (non-hydrogen) atoms. The fourth-order valence-electron chi connectivity index (χ4n) is 4.24. The third-order valence-corrected chi connectivity index (χ3v) is 6.61. The van der Waals surface area contributed by atoms with Gasteiger partial charge in [-0.05, 0) is 55.7 Å². The highest BCUT2D eigenvalue weighted by molar-refractivity contribution is 6.32. The Bertz CT molecular complexity index is 1470. The van der Waals surface area contributed by atoms with Crippen molar-refractivity contribution >= 4 is 34.2 Å². The van der Waals surface area contributed by atoms with Crippen LogP contribution >= 0.6 is 11.6 Å². The molecule has 0 bridgehead atoms. The molecule has 7 nitrogen and oxygen atoms in total. The van der Waals surface area contributed by atoms with Gasteiger partial charge in [-0.2, -0.15) is 0 Å². The third kappa shape index (κ3) is 5.62. The number of fused-ring (bicyclic) bond motifs is 1.